The van der Waals surface area contributed by atoms with Crippen LogP contribution in [0, 0.1) is 0 Å². The third-order valence-corrected chi connectivity index (χ3v) is 3.73. The van der Waals surface area contributed by atoms with Gasteiger partial charge in [0.2, 0.25) is 0 Å². The Kier molecular flexibility index (Phi) is 2.39. The zero-order chi connectivity index (χ0) is 11.0. The fourth-order valence-corrected chi connectivity index (χ4v) is 2.76. The molecule has 0 spiro atoms. The first-order valence-corrected chi connectivity index (χ1v) is 6.10. The van der Waals surface area contributed by atoms with Gasteiger partial charge in [0, 0.05) is 5.39 Å². The van der Waals surface area contributed by atoms with Crippen molar-refractivity contribution in [3.8, 4) is 11.1 Å². The summed E-state index contributed by atoms with van der Waals surface area (Å²) >= 11 is 7.41. The molecule has 0 saturated heterocycles. The average molecular weight is 246 g/mol. The maximum Gasteiger partial charge on any atom is 0.150 e. The molecule has 0 unspecified atom stereocenters. The largest absolute Gasteiger partial charge is 0.180 e. The molecule has 0 saturated carbocycles. The van der Waals surface area contributed by atoms with Gasteiger partial charge in [0.05, 0.1) is 4.70 Å². The molecule has 0 atom stereocenters. The molecule has 1 nitrogen and oxygen atoms in total. The molecule has 0 amide bonds. The summed E-state index contributed by atoms with van der Waals surface area (Å²) in [6.07, 6.45) is 0. The second-order valence-corrected chi connectivity index (χ2v) is 4.71. The number of halogens is 1. The molecule has 0 N–H and O–H groups in total. The Morgan fingerprint density at radius 2 is 1.75 bits per heavy atom. The lowest BCUT2D eigenvalue weighted by Crippen LogP contribution is -1.75. The molecule has 16 heavy (non-hydrogen) atoms. The molecule has 3 rings (SSSR count). The van der Waals surface area contributed by atoms with Crippen molar-refractivity contribution in [2.45, 2.75) is 0 Å². The van der Waals surface area contributed by atoms with Gasteiger partial charge in [0.15, 0.2) is 5.15 Å². The first-order valence-electron chi connectivity index (χ1n) is 4.95. The molecule has 1 heterocycles. The minimum absolute atomic E-state index is 0.597. The van der Waals surface area contributed by atoms with Gasteiger partial charge in [-0.05, 0) is 34.8 Å². The number of hydrogen-bond acceptors (Lipinski definition) is 2. The Hall–Kier alpha value is -1.38. The van der Waals surface area contributed by atoms with E-state index in [4.69, 9.17) is 11.6 Å². The van der Waals surface area contributed by atoms with E-state index >= 15 is 0 Å². The van der Waals surface area contributed by atoms with Crippen molar-refractivity contribution in [2.75, 3.05) is 0 Å². The maximum atomic E-state index is 5.97. The summed E-state index contributed by atoms with van der Waals surface area (Å²) in [5.74, 6) is 0. The zero-order valence-electron chi connectivity index (χ0n) is 8.35. The van der Waals surface area contributed by atoms with Crippen LogP contribution >= 0.6 is 23.1 Å². The molecule has 0 fully saturated rings. The number of hydrogen-bond donors (Lipinski definition) is 0. The van der Waals surface area contributed by atoms with Crippen molar-refractivity contribution in [1.82, 2.24) is 4.37 Å². The number of benzene rings is 2. The van der Waals surface area contributed by atoms with Gasteiger partial charge in [-0.2, -0.15) is 4.37 Å². The average Bonchev–Trinajstić information content (AvgIpc) is 2.72. The number of fused-ring (bicyclic) bond motifs is 1. The lowest BCUT2D eigenvalue weighted by Gasteiger charge is -2.00. The van der Waals surface area contributed by atoms with E-state index in [0.29, 0.717) is 5.15 Å². The van der Waals surface area contributed by atoms with Crippen LogP contribution in [0.3, 0.4) is 0 Å². The SMILES string of the molecule is Clc1nsc2cc(-c3ccccc3)ccc12. The Labute approximate surface area is 102 Å². The highest BCUT2D eigenvalue weighted by Crippen LogP contribution is 2.30. The van der Waals surface area contributed by atoms with E-state index in [1.54, 1.807) is 0 Å². The van der Waals surface area contributed by atoms with E-state index in [1.165, 1.54) is 22.7 Å². The summed E-state index contributed by atoms with van der Waals surface area (Å²) in [6.45, 7) is 0. The predicted octanol–water partition coefficient (Wildman–Crippen LogP) is 4.62. The third-order valence-electron chi connectivity index (χ3n) is 2.54. The Morgan fingerprint density at radius 1 is 0.938 bits per heavy atom. The molecule has 78 valence electrons. The van der Waals surface area contributed by atoms with Crippen molar-refractivity contribution in [3.05, 3.63) is 53.7 Å². The first kappa shape index (κ1) is 9.82. The summed E-state index contributed by atoms with van der Waals surface area (Å²) in [6, 6.07) is 16.5. The fraction of sp³-hybridized carbons (Fsp3) is 0. The van der Waals surface area contributed by atoms with Crippen LogP contribution in [0.4, 0.5) is 0 Å². The van der Waals surface area contributed by atoms with Gasteiger partial charge in [-0.3, -0.25) is 0 Å². The molecule has 2 aromatic carbocycles. The van der Waals surface area contributed by atoms with Crippen LogP contribution in [0.15, 0.2) is 48.5 Å². The van der Waals surface area contributed by atoms with Crippen molar-refractivity contribution >= 4 is 33.2 Å². The number of aromatic nitrogens is 1. The highest BCUT2D eigenvalue weighted by atomic mass is 35.5. The standard InChI is InChI=1S/C13H8ClNS/c14-13-11-7-6-10(8-12(11)16-15-13)9-4-2-1-3-5-9/h1-8H. The summed E-state index contributed by atoms with van der Waals surface area (Å²) in [5, 5.41) is 1.63. The lowest BCUT2D eigenvalue weighted by atomic mass is 10.1. The quantitative estimate of drug-likeness (QED) is 0.610. The Morgan fingerprint density at radius 3 is 2.56 bits per heavy atom. The first-order chi connectivity index (χ1) is 7.84. The van der Waals surface area contributed by atoms with Gasteiger partial charge in [-0.1, -0.05) is 48.0 Å². The molecule has 3 aromatic rings. The van der Waals surface area contributed by atoms with Gasteiger partial charge < -0.3 is 0 Å². The lowest BCUT2D eigenvalue weighted by molar-refractivity contribution is 1.60. The van der Waals surface area contributed by atoms with E-state index in [9.17, 15) is 0 Å². The summed E-state index contributed by atoms with van der Waals surface area (Å²) in [4.78, 5) is 0. The van der Waals surface area contributed by atoms with Crippen molar-refractivity contribution in [2.24, 2.45) is 0 Å². The van der Waals surface area contributed by atoms with Gasteiger partial charge in [-0.15, -0.1) is 0 Å². The second-order valence-electron chi connectivity index (χ2n) is 3.55. The van der Waals surface area contributed by atoms with Crippen LogP contribution in [0.5, 0.6) is 0 Å². The van der Waals surface area contributed by atoms with Crippen LogP contribution in [-0.2, 0) is 0 Å². The zero-order valence-corrected chi connectivity index (χ0v) is 9.92. The van der Waals surface area contributed by atoms with Crippen LogP contribution in [0.2, 0.25) is 5.15 Å². The van der Waals surface area contributed by atoms with Gasteiger partial charge in [0.25, 0.3) is 0 Å². The number of rotatable bonds is 1. The van der Waals surface area contributed by atoms with Crippen molar-refractivity contribution in [1.29, 1.82) is 0 Å². The summed E-state index contributed by atoms with van der Waals surface area (Å²) in [7, 11) is 0. The van der Waals surface area contributed by atoms with E-state index < -0.39 is 0 Å². The highest BCUT2D eigenvalue weighted by molar-refractivity contribution is 7.13. The topological polar surface area (TPSA) is 12.9 Å². The summed E-state index contributed by atoms with van der Waals surface area (Å²) < 4.78 is 5.27. The molecular weight excluding hydrogens is 238 g/mol. The summed E-state index contributed by atoms with van der Waals surface area (Å²) in [5.41, 5.74) is 2.42. The molecule has 3 heteroatoms. The highest BCUT2D eigenvalue weighted by Gasteiger charge is 2.05. The predicted molar refractivity (Wildman–Crippen MR) is 70.1 cm³/mol. The van der Waals surface area contributed by atoms with Gasteiger partial charge >= 0.3 is 0 Å². The maximum absolute atomic E-state index is 5.97. The van der Waals surface area contributed by atoms with Crippen LogP contribution in [0.25, 0.3) is 21.2 Å². The molecule has 0 aliphatic rings. The van der Waals surface area contributed by atoms with Crippen molar-refractivity contribution in [3.63, 3.8) is 0 Å². The van der Waals surface area contributed by atoms with Crippen molar-refractivity contribution < 1.29 is 0 Å². The van der Waals surface area contributed by atoms with Gasteiger partial charge in [0.1, 0.15) is 0 Å². The monoisotopic (exact) mass is 245 g/mol. The Bertz CT molecular complexity index is 631. The Balaban J connectivity index is 2.19. The second kappa shape index (κ2) is 3.89. The molecule has 0 radical (unpaired) electrons. The third kappa shape index (κ3) is 1.60. The molecule has 0 aliphatic heterocycles. The van der Waals surface area contributed by atoms with Crippen LogP contribution < -0.4 is 0 Å². The van der Waals surface area contributed by atoms with Gasteiger partial charge in [-0.25, -0.2) is 0 Å². The number of nitrogens with zero attached hydrogens (tertiary/aromatic N) is 1. The molecule has 1 aromatic heterocycles. The van der Waals surface area contributed by atoms with E-state index in [0.717, 1.165) is 10.1 Å². The minimum Gasteiger partial charge on any atom is -0.180 e. The van der Waals surface area contributed by atoms with E-state index in [1.807, 2.05) is 24.3 Å². The molecule has 0 aliphatic carbocycles. The van der Waals surface area contributed by atoms with E-state index in [-0.39, 0.29) is 0 Å². The smallest absolute Gasteiger partial charge is 0.150 e. The van der Waals surface area contributed by atoms with Crippen LogP contribution in [0.1, 0.15) is 0 Å². The molecular formula is C13H8ClNS. The normalized spacial score (nSPS) is 10.8. The minimum atomic E-state index is 0.597. The fourth-order valence-electron chi connectivity index (χ4n) is 1.72. The van der Waals surface area contributed by atoms with Crippen LogP contribution in [-0.4, -0.2) is 4.37 Å². The molecule has 0 bridgehead atoms. The van der Waals surface area contributed by atoms with E-state index in [2.05, 4.69) is 28.6 Å².